The number of ether oxygens (including phenoxy) is 2. The van der Waals surface area contributed by atoms with Gasteiger partial charge in [-0.15, -0.1) is 0 Å². The highest BCUT2D eigenvalue weighted by Crippen LogP contribution is 2.29. The smallest absolute Gasteiger partial charge is 0.344 e. The van der Waals surface area contributed by atoms with Crippen molar-refractivity contribution >= 4 is 5.97 Å². The van der Waals surface area contributed by atoms with Gasteiger partial charge < -0.3 is 14.6 Å². The van der Waals surface area contributed by atoms with E-state index < -0.39 is 12.1 Å². The minimum Gasteiger partial charge on any atom is -0.487 e. The number of fused-ring (bicyclic) bond motifs is 1. The van der Waals surface area contributed by atoms with Gasteiger partial charge in [0.1, 0.15) is 18.1 Å². The average molecular weight is 351 g/mol. The lowest BCUT2D eigenvalue weighted by molar-refractivity contribution is -0.145. The summed E-state index contributed by atoms with van der Waals surface area (Å²) in [6.45, 7) is 0.347. The third kappa shape index (κ3) is 3.37. The van der Waals surface area contributed by atoms with E-state index in [1.165, 1.54) is 0 Å². The van der Waals surface area contributed by atoms with Crippen LogP contribution in [0.4, 0.5) is 0 Å². The van der Waals surface area contributed by atoms with Gasteiger partial charge in [0.05, 0.1) is 17.6 Å². The molecule has 0 saturated heterocycles. The van der Waals surface area contributed by atoms with Crippen molar-refractivity contribution in [2.75, 3.05) is 0 Å². The molecule has 0 aliphatic carbocycles. The van der Waals surface area contributed by atoms with Crippen LogP contribution in [0, 0.1) is 0 Å². The van der Waals surface area contributed by atoms with Gasteiger partial charge in [0.25, 0.3) is 0 Å². The SMILES string of the molecule is O=C(O)[C@@H]1CCc2ccc(COc3ccc(-c4ccn[nH]4)nc3)cc2O1. The van der Waals surface area contributed by atoms with Crippen molar-refractivity contribution in [3.05, 3.63) is 59.9 Å². The zero-order valence-electron chi connectivity index (χ0n) is 13.9. The highest BCUT2D eigenvalue weighted by Gasteiger charge is 2.25. The number of H-pyrrole nitrogens is 1. The van der Waals surface area contributed by atoms with Crippen molar-refractivity contribution in [2.45, 2.75) is 25.6 Å². The molecule has 0 spiro atoms. The first-order valence-corrected chi connectivity index (χ1v) is 8.29. The summed E-state index contributed by atoms with van der Waals surface area (Å²) in [7, 11) is 0. The van der Waals surface area contributed by atoms with Crippen LogP contribution in [0.5, 0.6) is 11.5 Å². The second-order valence-corrected chi connectivity index (χ2v) is 6.06. The Labute approximate surface area is 149 Å². The summed E-state index contributed by atoms with van der Waals surface area (Å²) >= 11 is 0. The van der Waals surface area contributed by atoms with E-state index in [9.17, 15) is 4.79 Å². The Morgan fingerprint density at radius 3 is 2.96 bits per heavy atom. The molecule has 3 heterocycles. The number of carboxylic acid groups (broad SMARTS) is 1. The van der Waals surface area contributed by atoms with Crippen molar-refractivity contribution in [3.8, 4) is 22.9 Å². The lowest BCUT2D eigenvalue weighted by Gasteiger charge is -2.23. The van der Waals surface area contributed by atoms with Gasteiger partial charge in [-0.25, -0.2) is 4.79 Å². The van der Waals surface area contributed by atoms with E-state index in [0.717, 1.165) is 22.5 Å². The minimum absolute atomic E-state index is 0.347. The number of pyridine rings is 1. The Hall–Kier alpha value is -3.35. The van der Waals surface area contributed by atoms with Gasteiger partial charge in [0.15, 0.2) is 6.10 Å². The van der Waals surface area contributed by atoms with E-state index in [1.807, 2.05) is 36.4 Å². The topological polar surface area (TPSA) is 97.3 Å². The average Bonchev–Trinajstić information content (AvgIpc) is 3.21. The Balaban J connectivity index is 1.42. The predicted molar refractivity (Wildman–Crippen MR) is 93.0 cm³/mol. The molecule has 1 aromatic carbocycles. The number of aromatic amines is 1. The second-order valence-electron chi connectivity index (χ2n) is 6.06. The molecule has 0 radical (unpaired) electrons. The van der Waals surface area contributed by atoms with Gasteiger partial charge >= 0.3 is 5.97 Å². The fraction of sp³-hybridized carbons (Fsp3) is 0.211. The van der Waals surface area contributed by atoms with E-state index in [2.05, 4.69) is 15.2 Å². The first kappa shape index (κ1) is 16.1. The van der Waals surface area contributed by atoms with Gasteiger partial charge in [0.2, 0.25) is 0 Å². The molecule has 1 aliphatic rings. The summed E-state index contributed by atoms with van der Waals surface area (Å²) in [5.41, 5.74) is 3.57. The summed E-state index contributed by atoms with van der Waals surface area (Å²) in [5.74, 6) is 0.341. The number of nitrogens with zero attached hydrogens (tertiary/aromatic N) is 2. The van der Waals surface area contributed by atoms with Crippen LogP contribution in [0.3, 0.4) is 0 Å². The summed E-state index contributed by atoms with van der Waals surface area (Å²) in [4.78, 5) is 15.5. The van der Waals surface area contributed by atoms with Crippen molar-refractivity contribution in [1.82, 2.24) is 15.2 Å². The van der Waals surface area contributed by atoms with Crippen LogP contribution in [0.25, 0.3) is 11.4 Å². The number of carboxylic acids is 1. The number of hydrogen-bond donors (Lipinski definition) is 2. The lowest BCUT2D eigenvalue weighted by Crippen LogP contribution is -2.30. The molecule has 26 heavy (non-hydrogen) atoms. The van der Waals surface area contributed by atoms with Gasteiger partial charge in [-0.1, -0.05) is 12.1 Å². The maximum atomic E-state index is 11.1. The van der Waals surface area contributed by atoms with Gasteiger partial charge in [0, 0.05) is 6.20 Å². The molecule has 1 aliphatic heterocycles. The molecule has 3 aromatic rings. The normalized spacial score (nSPS) is 15.8. The quantitative estimate of drug-likeness (QED) is 0.734. The van der Waals surface area contributed by atoms with Gasteiger partial charge in [-0.3, -0.25) is 10.1 Å². The van der Waals surface area contributed by atoms with Crippen LogP contribution in [-0.4, -0.2) is 32.4 Å². The second kappa shape index (κ2) is 6.87. The monoisotopic (exact) mass is 351 g/mol. The molecule has 1 atom stereocenters. The zero-order chi connectivity index (χ0) is 17.9. The highest BCUT2D eigenvalue weighted by atomic mass is 16.5. The molecule has 0 saturated carbocycles. The highest BCUT2D eigenvalue weighted by molar-refractivity contribution is 5.73. The van der Waals surface area contributed by atoms with Crippen LogP contribution in [-0.2, 0) is 17.8 Å². The molecule has 4 rings (SSSR count). The summed E-state index contributed by atoms with van der Waals surface area (Å²) in [5, 5.41) is 15.9. The molecule has 0 fully saturated rings. The van der Waals surface area contributed by atoms with Crippen molar-refractivity contribution in [3.63, 3.8) is 0 Å². The molecular weight excluding hydrogens is 334 g/mol. The predicted octanol–water partition coefficient (Wildman–Crippen LogP) is 2.83. The minimum atomic E-state index is -0.930. The van der Waals surface area contributed by atoms with E-state index in [1.54, 1.807) is 12.4 Å². The number of aromatic nitrogens is 3. The number of benzene rings is 1. The van der Waals surface area contributed by atoms with Crippen molar-refractivity contribution in [1.29, 1.82) is 0 Å². The molecule has 132 valence electrons. The Morgan fingerprint density at radius 2 is 2.23 bits per heavy atom. The first-order valence-electron chi connectivity index (χ1n) is 8.29. The van der Waals surface area contributed by atoms with E-state index >= 15 is 0 Å². The fourth-order valence-corrected chi connectivity index (χ4v) is 2.87. The summed E-state index contributed by atoms with van der Waals surface area (Å²) < 4.78 is 11.3. The molecule has 0 unspecified atom stereocenters. The fourth-order valence-electron chi connectivity index (χ4n) is 2.87. The largest absolute Gasteiger partial charge is 0.487 e. The van der Waals surface area contributed by atoms with Crippen LogP contribution in [0.2, 0.25) is 0 Å². The molecule has 7 heteroatoms. The van der Waals surface area contributed by atoms with Crippen molar-refractivity contribution < 1.29 is 19.4 Å². The number of hydrogen-bond acceptors (Lipinski definition) is 5. The number of nitrogens with one attached hydrogen (secondary N) is 1. The summed E-state index contributed by atoms with van der Waals surface area (Å²) in [6.07, 6.45) is 3.75. The molecule has 0 bridgehead atoms. The molecule has 7 nitrogen and oxygen atoms in total. The standard InChI is InChI=1S/C19H17N3O4/c23-19(24)17-6-3-13-2-1-12(9-18(13)26-17)11-25-14-4-5-15(20-10-14)16-7-8-21-22-16/h1-2,4-5,7-10,17H,3,6,11H2,(H,21,22)(H,23,24)/t17-/m0/s1. The number of carbonyl (C=O) groups is 1. The van der Waals surface area contributed by atoms with E-state index in [-0.39, 0.29) is 0 Å². The molecule has 2 N–H and O–H groups in total. The number of aliphatic carboxylic acids is 1. The van der Waals surface area contributed by atoms with Crippen molar-refractivity contribution in [2.24, 2.45) is 0 Å². The number of rotatable bonds is 5. The lowest BCUT2D eigenvalue weighted by atomic mass is 10.0. The van der Waals surface area contributed by atoms with E-state index in [4.69, 9.17) is 14.6 Å². The Bertz CT molecular complexity index is 907. The van der Waals surface area contributed by atoms with Gasteiger partial charge in [-0.05, 0) is 48.2 Å². The maximum absolute atomic E-state index is 11.1. The molecule has 2 aromatic heterocycles. The third-order valence-electron chi connectivity index (χ3n) is 4.27. The Kier molecular flexibility index (Phi) is 4.27. The first-order chi connectivity index (χ1) is 12.7. The molecular formula is C19H17N3O4. The Morgan fingerprint density at radius 1 is 1.31 bits per heavy atom. The van der Waals surface area contributed by atoms with Crippen LogP contribution >= 0.6 is 0 Å². The zero-order valence-corrected chi connectivity index (χ0v) is 13.9. The third-order valence-corrected chi connectivity index (χ3v) is 4.27. The summed E-state index contributed by atoms with van der Waals surface area (Å²) in [6, 6.07) is 11.3. The van der Waals surface area contributed by atoms with Crippen LogP contribution < -0.4 is 9.47 Å². The van der Waals surface area contributed by atoms with E-state index in [0.29, 0.717) is 30.9 Å². The van der Waals surface area contributed by atoms with Gasteiger partial charge in [-0.2, -0.15) is 5.10 Å². The maximum Gasteiger partial charge on any atom is 0.344 e. The number of aryl methyl sites for hydroxylation is 1. The van der Waals surface area contributed by atoms with Crippen LogP contribution in [0.1, 0.15) is 17.5 Å². The molecule has 0 amide bonds. The van der Waals surface area contributed by atoms with Crippen LogP contribution in [0.15, 0.2) is 48.8 Å².